The molecule has 0 saturated carbocycles. The Balaban J connectivity index is 0. The second kappa shape index (κ2) is 26.0. The van der Waals surface area contributed by atoms with Crippen molar-refractivity contribution in [2.24, 2.45) is 21.7 Å². The van der Waals surface area contributed by atoms with E-state index in [1.54, 1.807) is 10.8 Å². The van der Waals surface area contributed by atoms with Gasteiger partial charge < -0.3 is 0 Å². The molecule has 8 heteroatoms. The Kier molecular flexibility index (Phi) is 27.1. The average molecular weight is 777 g/mol. The molecule has 1 unspecified atom stereocenters. The van der Waals surface area contributed by atoms with E-state index in [9.17, 15) is 19.2 Å². The number of carbonyl (C=O) groups is 4. The highest BCUT2D eigenvalue weighted by Crippen LogP contribution is 2.41. The summed E-state index contributed by atoms with van der Waals surface area (Å²) < 4.78 is 0.0913. The number of Topliss-reactive ketones (excluding diaryl/α,β-unsaturated/α-hetero) is 4. The summed E-state index contributed by atoms with van der Waals surface area (Å²) in [6.45, 7) is 31.9. The fraction of sp³-hybridized carbons (Fsp3) is 0.905. The highest BCUT2D eigenvalue weighted by atomic mass is 33.1. The molecule has 0 aliphatic heterocycles. The van der Waals surface area contributed by atoms with Crippen molar-refractivity contribution in [3.8, 4) is 0 Å². The molecule has 0 N–H and O–H groups in total. The molecular weight excluding hydrogens is 697 g/mol. The highest BCUT2D eigenvalue weighted by Gasteiger charge is 2.32. The molecular formula is C42H80O4S4. The average Bonchev–Trinajstić information content (AvgIpc) is 3.12. The Hall–Kier alpha value is 0.0800. The molecule has 1 atom stereocenters. The molecule has 0 fully saturated rings. The first-order valence-corrected chi connectivity index (χ1v) is 24.6. The molecule has 0 rings (SSSR count). The van der Waals surface area contributed by atoms with Crippen molar-refractivity contribution in [3.63, 3.8) is 0 Å². The molecule has 50 heavy (non-hydrogen) atoms. The third kappa shape index (κ3) is 18.9. The zero-order chi connectivity index (χ0) is 39.2. The zero-order valence-corrected chi connectivity index (χ0v) is 38.6. The smallest absolute Gasteiger partial charge is 0.139 e. The van der Waals surface area contributed by atoms with Crippen LogP contribution in [0.1, 0.15) is 200 Å². The van der Waals surface area contributed by atoms with Gasteiger partial charge in [-0.3, -0.25) is 19.2 Å². The van der Waals surface area contributed by atoms with Crippen LogP contribution >= 0.6 is 43.2 Å². The Bertz CT molecular complexity index is 976. The number of hydrogen-bond donors (Lipinski definition) is 0. The lowest BCUT2D eigenvalue weighted by Gasteiger charge is -2.28. The van der Waals surface area contributed by atoms with E-state index in [1.165, 1.54) is 0 Å². The van der Waals surface area contributed by atoms with Gasteiger partial charge in [0, 0.05) is 68.8 Å². The molecule has 0 aromatic carbocycles. The van der Waals surface area contributed by atoms with Crippen LogP contribution in [0, 0.1) is 21.7 Å². The summed E-state index contributed by atoms with van der Waals surface area (Å²) in [6.07, 6.45) is 12.9. The molecule has 0 heterocycles. The topological polar surface area (TPSA) is 68.3 Å². The highest BCUT2D eigenvalue weighted by molar-refractivity contribution is 8.77. The molecule has 0 aliphatic rings. The molecule has 296 valence electrons. The maximum atomic E-state index is 12.5. The van der Waals surface area contributed by atoms with Gasteiger partial charge in [0.2, 0.25) is 0 Å². The van der Waals surface area contributed by atoms with Crippen LogP contribution in [0.4, 0.5) is 0 Å². The fourth-order valence-electron chi connectivity index (χ4n) is 5.41. The van der Waals surface area contributed by atoms with Gasteiger partial charge in [-0.15, -0.1) is 0 Å². The van der Waals surface area contributed by atoms with Crippen molar-refractivity contribution in [2.75, 3.05) is 11.5 Å². The molecule has 0 amide bonds. The molecule has 0 aromatic heterocycles. The molecule has 0 radical (unpaired) electrons. The van der Waals surface area contributed by atoms with Gasteiger partial charge in [0.05, 0.1) is 0 Å². The first-order chi connectivity index (χ1) is 23.2. The first kappa shape index (κ1) is 52.2. The lowest BCUT2D eigenvalue weighted by atomic mass is 9.78. The van der Waals surface area contributed by atoms with Crippen LogP contribution in [0.25, 0.3) is 0 Å². The summed E-state index contributed by atoms with van der Waals surface area (Å²) >= 11 is 0. The molecule has 0 spiro atoms. The van der Waals surface area contributed by atoms with Gasteiger partial charge in [0.25, 0.3) is 0 Å². The van der Waals surface area contributed by atoms with Crippen LogP contribution in [0.15, 0.2) is 0 Å². The summed E-state index contributed by atoms with van der Waals surface area (Å²) in [5.41, 5.74) is -0.579. The van der Waals surface area contributed by atoms with Crippen molar-refractivity contribution in [2.45, 2.75) is 210 Å². The minimum atomic E-state index is -0.153. The molecule has 0 bridgehead atoms. The monoisotopic (exact) mass is 776 g/mol. The third-order valence-electron chi connectivity index (χ3n) is 12.2. The van der Waals surface area contributed by atoms with Crippen molar-refractivity contribution < 1.29 is 19.2 Å². The van der Waals surface area contributed by atoms with Gasteiger partial charge in [0.15, 0.2) is 0 Å². The SMILES string of the molecule is CCC(C)(CC)C(=O)CCCSSC(C)(C)CCC(=O)C(C)(CC)CC.CCC(C)(CC)C(=O)CCSSC(C)CCC(=O)C(C)(CC)CC. The number of rotatable bonds is 29. The largest absolute Gasteiger partial charge is 0.299 e. The Morgan fingerprint density at radius 1 is 0.480 bits per heavy atom. The minimum Gasteiger partial charge on any atom is -0.299 e. The van der Waals surface area contributed by atoms with E-state index in [0.29, 0.717) is 54.1 Å². The lowest BCUT2D eigenvalue weighted by molar-refractivity contribution is -0.129. The van der Waals surface area contributed by atoms with Gasteiger partial charge in [-0.2, -0.15) is 0 Å². The Morgan fingerprint density at radius 3 is 1.24 bits per heavy atom. The maximum absolute atomic E-state index is 12.5. The van der Waals surface area contributed by atoms with Crippen LogP contribution < -0.4 is 0 Å². The summed E-state index contributed by atoms with van der Waals surface area (Å²) in [6, 6.07) is 0. The second-order valence-corrected chi connectivity index (χ2v) is 22.1. The van der Waals surface area contributed by atoms with Crippen molar-refractivity contribution in [3.05, 3.63) is 0 Å². The zero-order valence-electron chi connectivity index (χ0n) is 35.4. The van der Waals surface area contributed by atoms with E-state index in [2.05, 4.69) is 104 Å². The van der Waals surface area contributed by atoms with Gasteiger partial charge >= 0.3 is 0 Å². The van der Waals surface area contributed by atoms with E-state index in [0.717, 1.165) is 82.1 Å². The summed E-state index contributed by atoms with van der Waals surface area (Å²) in [5.74, 6) is 3.49. The summed E-state index contributed by atoms with van der Waals surface area (Å²) in [5, 5.41) is 0.454. The standard InChI is InChI=1S/C22H42O2S2.C20H38O2S2/c1-9-21(7,10-2)18(23)14-13-17-25-26-20(5,6)16-15-19(24)22(8,11-3)12-4;1-8-19(6,9-2)17(21)13-12-16(5)24-23-15-14-18(22)20(7,10-3)11-4/h9-17H2,1-8H3;16H,8-15H2,1-7H3. The van der Waals surface area contributed by atoms with E-state index >= 15 is 0 Å². The van der Waals surface area contributed by atoms with Crippen LogP contribution in [0.5, 0.6) is 0 Å². The van der Waals surface area contributed by atoms with Gasteiger partial charge in [-0.05, 0) is 84.5 Å². The van der Waals surface area contributed by atoms with Crippen LogP contribution in [-0.4, -0.2) is 44.6 Å². The summed E-state index contributed by atoms with van der Waals surface area (Å²) in [7, 11) is 7.33. The summed E-state index contributed by atoms with van der Waals surface area (Å²) in [4.78, 5) is 49.5. The molecule has 0 aliphatic carbocycles. The van der Waals surface area contributed by atoms with Crippen molar-refractivity contribution in [1.29, 1.82) is 0 Å². The van der Waals surface area contributed by atoms with E-state index in [1.807, 2.05) is 32.4 Å². The van der Waals surface area contributed by atoms with Crippen molar-refractivity contribution >= 4 is 66.3 Å². The van der Waals surface area contributed by atoms with Gasteiger partial charge in [0.1, 0.15) is 23.1 Å². The number of carbonyl (C=O) groups excluding carboxylic acids is 4. The molecule has 0 aromatic rings. The number of ketones is 4. The fourth-order valence-corrected chi connectivity index (χ4v) is 10.4. The predicted octanol–water partition coefficient (Wildman–Crippen LogP) is 14.2. The van der Waals surface area contributed by atoms with Gasteiger partial charge in [-0.1, -0.05) is 133 Å². The predicted molar refractivity (Wildman–Crippen MR) is 231 cm³/mol. The second-order valence-electron chi connectivity index (χ2n) is 16.0. The normalized spacial score (nSPS) is 13.4. The van der Waals surface area contributed by atoms with Crippen LogP contribution in [0.2, 0.25) is 0 Å². The Morgan fingerprint density at radius 2 is 0.840 bits per heavy atom. The minimum absolute atomic E-state index is 0.0913. The number of hydrogen-bond acceptors (Lipinski definition) is 8. The van der Waals surface area contributed by atoms with Crippen molar-refractivity contribution in [1.82, 2.24) is 0 Å². The quantitative estimate of drug-likeness (QED) is 0.0549. The maximum Gasteiger partial charge on any atom is 0.139 e. The molecule has 0 saturated heterocycles. The van der Waals surface area contributed by atoms with E-state index in [4.69, 9.17) is 0 Å². The first-order valence-electron chi connectivity index (χ1n) is 19.9. The van der Waals surface area contributed by atoms with E-state index in [-0.39, 0.29) is 26.4 Å². The van der Waals surface area contributed by atoms with E-state index < -0.39 is 0 Å². The van der Waals surface area contributed by atoms with Crippen LogP contribution in [-0.2, 0) is 19.2 Å². The van der Waals surface area contributed by atoms with Gasteiger partial charge in [-0.25, -0.2) is 0 Å². The van der Waals surface area contributed by atoms with Crippen LogP contribution in [0.3, 0.4) is 0 Å². The molecule has 4 nitrogen and oxygen atoms in total. The Labute approximate surface area is 327 Å². The lowest BCUT2D eigenvalue weighted by Crippen LogP contribution is -2.28. The third-order valence-corrected chi connectivity index (χ3v) is 18.6.